The first-order valence-electron chi connectivity index (χ1n) is 10.6. The van der Waals surface area contributed by atoms with E-state index in [1.165, 1.54) is 5.56 Å². The molecule has 1 atom stereocenters. The summed E-state index contributed by atoms with van der Waals surface area (Å²) in [5.41, 5.74) is 4.43. The van der Waals surface area contributed by atoms with Gasteiger partial charge in [-0.3, -0.25) is 9.69 Å². The number of likely N-dealkylation sites (tertiary alicyclic amines) is 1. The van der Waals surface area contributed by atoms with Crippen molar-refractivity contribution in [3.8, 4) is 16.9 Å². The number of amides is 1. The normalized spacial score (nSPS) is 16.3. The van der Waals surface area contributed by atoms with E-state index >= 15 is 0 Å². The van der Waals surface area contributed by atoms with Gasteiger partial charge in [-0.15, -0.1) is 0 Å². The van der Waals surface area contributed by atoms with E-state index in [4.69, 9.17) is 16.3 Å². The van der Waals surface area contributed by atoms with Gasteiger partial charge in [0.25, 0.3) is 0 Å². The lowest BCUT2D eigenvalue weighted by Gasteiger charge is -2.24. The maximum absolute atomic E-state index is 12.8. The minimum Gasteiger partial charge on any atom is -0.497 e. The molecule has 4 rings (SSSR count). The van der Waals surface area contributed by atoms with Crippen molar-refractivity contribution in [2.75, 3.05) is 13.7 Å². The number of hydrogen-bond donors (Lipinski definition) is 1. The highest BCUT2D eigenvalue weighted by atomic mass is 35.5. The van der Waals surface area contributed by atoms with Crippen molar-refractivity contribution in [1.29, 1.82) is 0 Å². The zero-order valence-corrected chi connectivity index (χ0v) is 18.4. The molecule has 1 fully saturated rings. The molecule has 0 bridgehead atoms. The highest BCUT2D eigenvalue weighted by Crippen LogP contribution is 2.26. The van der Waals surface area contributed by atoms with Gasteiger partial charge in [0.1, 0.15) is 5.75 Å². The van der Waals surface area contributed by atoms with Gasteiger partial charge in [0.05, 0.1) is 13.2 Å². The van der Waals surface area contributed by atoms with Gasteiger partial charge in [-0.05, 0) is 59.8 Å². The lowest BCUT2D eigenvalue weighted by Crippen LogP contribution is -2.42. The monoisotopic (exact) mass is 434 g/mol. The maximum atomic E-state index is 12.8. The summed E-state index contributed by atoms with van der Waals surface area (Å²) in [6.45, 7) is 2.16. The van der Waals surface area contributed by atoms with Crippen LogP contribution in [0.5, 0.6) is 5.75 Å². The number of halogens is 1. The average Bonchev–Trinajstić information content (AvgIpc) is 3.27. The smallest absolute Gasteiger partial charge is 0.237 e. The van der Waals surface area contributed by atoms with Crippen molar-refractivity contribution in [2.24, 2.45) is 0 Å². The summed E-state index contributed by atoms with van der Waals surface area (Å²) in [5.74, 6) is 0.926. The van der Waals surface area contributed by atoms with E-state index in [2.05, 4.69) is 40.5 Å². The summed E-state index contributed by atoms with van der Waals surface area (Å²) >= 11 is 6.21. The second-order valence-electron chi connectivity index (χ2n) is 7.87. The Kier molecular flexibility index (Phi) is 6.90. The molecule has 160 valence electrons. The highest BCUT2D eigenvalue weighted by molar-refractivity contribution is 6.31. The molecule has 1 N–H and O–H groups in total. The van der Waals surface area contributed by atoms with Crippen molar-refractivity contribution in [1.82, 2.24) is 10.2 Å². The molecular weight excluding hydrogens is 408 g/mol. The molecule has 1 saturated heterocycles. The van der Waals surface area contributed by atoms with Crippen molar-refractivity contribution in [2.45, 2.75) is 32.0 Å². The Balaban J connectivity index is 1.38. The third-order valence-electron chi connectivity index (χ3n) is 5.82. The van der Waals surface area contributed by atoms with E-state index in [0.717, 1.165) is 48.4 Å². The topological polar surface area (TPSA) is 41.6 Å². The first-order valence-corrected chi connectivity index (χ1v) is 11.0. The molecular formula is C26H27ClN2O2. The molecule has 0 aliphatic carbocycles. The fourth-order valence-corrected chi connectivity index (χ4v) is 4.30. The van der Waals surface area contributed by atoms with Crippen LogP contribution in [-0.4, -0.2) is 30.5 Å². The number of benzene rings is 3. The zero-order chi connectivity index (χ0) is 21.6. The first-order chi connectivity index (χ1) is 15.1. The van der Waals surface area contributed by atoms with Crippen LogP contribution in [0.25, 0.3) is 11.1 Å². The zero-order valence-electron chi connectivity index (χ0n) is 17.7. The van der Waals surface area contributed by atoms with E-state index in [1.54, 1.807) is 7.11 Å². The minimum atomic E-state index is -0.0967. The summed E-state index contributed by atoms with van der Waals surface area (Å²) in [6, 6.07) is 24.1. The number of carbonyl (C=O) groups is 1. The van der Waals surface area contributed by atoms with E-state index in [0.29, 0.717) is 11.6 Å². The Morgan fingerprint density at radius 1 is 1.06 bits per heavy atom. The van der Waals surface area contributed by atoms with Crippen LogP contribution in [-0.2, 0) is 17.9 Å². The van der Waals surface area contributed by atoms with Gasteiger partial charge in [0.2, 0.25) is 5.91 Å². The minimum absolute atomic E-state index is 0.0745. The number of carbonyl (C=O) groups excluding carboxylic acids is 1. The average molecular weight is 435 g/mol. The summed E-state index contributed by atoms with van der Waals surface area (Å²) < 4.78 is 5.33. The summed E-state index contributed by atoms with van der Waals surface area (Å²) in [7, 11) is 1.68. The molecule has 3 aromatic carbocycles. The van der Waals surface area contributed by atoms with Crippen molar-refractivity contribution < 1.29 is 9.53 Å². The molecule has 0 saturated carbocycles. The Hall–Kier alpha value is -2.82. The van der Waals surface area contributed by atoms with Gasteiger partial charge in [-0.2, -0.15) is 0 Å². The molecule has 1 heterocycles. The molecule has 0 radical (unpaired) electrons. The third-order valence-corrected chi connectivity index (χ3v) is 6.19. The number of hydrogen-bond acceptors (Lipinski definition) is 3. The summed E-state index contributed by atoms with van der Waals surface area (Å²) in [6.07, 6.45) is 1.92. The van der Waals surface area contributed by atoms with Gasteiger partial charge in [-0.25, -0.2) is 0 Å². The van der Waals surface area contributed by atoms with Crippen LogP contribution in [0.15, 0.2) is 72.8 Å². The van der Waals surface area contributed by atoms with E-state index in [1.807, 2.05) is 42.5 Å². The SMILES string of the molecule is COc1cccc(-c2ccc(CN3CCCC3C(=O)NCc3ccccc3Cl)cc2)c1. The molecule has 1 unspecified atom stereocenters. The van der Waals surface area contributed by atoms with Crippen LogP contribution in [0.1, 0.15) is 24.0 Å². The third kappa shape index (κ3) is 5.27. The van der Waals surface area contributed by atoms with Crippen LogP contribution < -0.4 is 10.1 Å². The molecule has 3 aromatic rings. The van der Waals surface area contributed by atoms with E-state index < -0.39 is 0 Å². The van der Waals surface area contributed by atoms with Crippen LogP contribution in [0.3, 0.4) is 0 Å². The van der Waals surface area contributed by atoms with Crippen LogP contribution in [0.2, 0.25) is 5.02 Å². The predicted molar refractivity (Wildman–Crippen MR) is 125 cm³/mol. The second kappa shape index (κ2) is 9.99. The number of methoxy groups -OCH3 is 1. The Morgan fingerprint density at radius 2 is 1.87 bits per heavy atom. The molecule has 0 aromatic heterocycles. The number of ether oxygens (including phenoxy) is 1. The lowest BCUT2D eigenvalue weighted by atomic mass is 10.0. The van der Waals surface area contributed by atoms with Crippen molar-refractivity contribution in [3.63, 3.8) is 0 Å². The molecule has 31 heavy (non-hydrogen) atoms. The van der Waals surface area contributed by atoms with Gasteiger partial charge in [-0.1, -0.05) is 66.2 Å². The number of nitrogens with zero attached hydrogens (tertiary/aromatic N) is 1. The molecule has 1 aliphatic rings. The fourth-order valence-electron chi connectivity index (χ4n) is 4.09. The molecule has 0 spiro atoms. The first kappa shape index (κ1) is 21.4. The molecule has 1 amide bonds. The second-order valence-corrected chi connectivity index (χ2v) is 8.27. The lowest BCUT2D eigenvalue weighted by molar-refractivity contribution is -0.125. The van der Waals surface area contributed by atoms with Crippen molar-refractivity contribution in [3.05, 3.63) is 88.9 Å². The standard InChI is InChI=1S/C26H27ClN2O2/c1-31-23-8-4-7-21(16-23)20-13-11-19(12-14-20)18-29-15-5-10-25(29)26(30)28-17-22-6-2-3-9-24(22)27/h2-4,6-9,11-14,16,25H,5,10,15,17-18H2,1H3,(H,28,30). The van der Waals surface area contributed by atoms with Gasteiger partial charge >= 0.3 is 0 Å². The molecule has 1 aliphatic heterocycles. The van der Waals surface area contributed by atoms with Crippen LogP contribution in [0, 0.1) is 0 Å². The van der Waals surface area contributed by atoms with Gasteiger partial charge < -0.3 is 10.1 Å². The van der Waals surface area contributed by atoms with Gasteiger partial charge in [0.15, 0.2) is 0 Å². The maximum Gasteiger partial charge on any atom is 0.237 e. The molecule has 4 nitrogen and oxygen atoms in total. The Morgan fingerprint density at radius 3 is 2.65 bits per heavy atom. The van der Waals surface area contributed by atoms with Gasteiger partial charge in [0, 0.05) is 18.1 Å². The predicted octanol–water partition coefficient (Wildman–Crippen LogP) is 5.30. The highest BCUT2D eigenvalue weighted by Gasteiger charge is 2.30. The van der Waals surface area contributed by atoms with E-state index in [-0.39, 0.29) is 11.9 Å². The largest absolute Gasteiger partial charge is 0.497 e. The quantitative estimate of drug-likeness (QED) is 0.548. The fraction of sp³-hybridized carbons (Fsp3) is 0.269. The number of rotatable bonds is 7. The molecule has 5 heteroatoms. The van der Waals surface area contributed by atoms with Crippen LogP contribution >= 0.6 is 11.6 Å². The van der Waals surface area contributed by atoms with E-state index in [9.17, 15) is 4.79 Å². The summed E-state index contributed by atoms with van der Waals surface area (Å²) in [5, 5.41) is 3.74. The van der Waals surface area contributed by atoms with Crippen molar-refractivity contribution >= 4 is 17.5 Å². The Labute approximate surface area is 188 Å². The van der Waals surface area contributed by atoms with Crippen LogP contribution in [0.4, 0.5) is 0 Å². The Bertz CT molecular complexity index is 1040. The summed E-state index contributed by atoms with van der Waals surface area (Å²) in [4.78, 5) is 15.1. The number of nitrogens with one attached hydrogen (secondary N) is 1.